The van der Waals surface area contributed by atoms with Crippen molar-refractivity contribution in [2.75, 3.05) is 19.0 Å². The summed E-state index contributed by atoms with van der Waals surface area (Å²) in [4.78, 5) is 11.4. The predicted molar refractivity (Wildman–Crippen MR) is 85.9 cm³/mol. The topological polar surface area (TPSA) is 76.1 Å². The van der Waals surface area contributed by atoms with Crippen LogP contribution < -0.4 is 10.6 Å². The molecule has 2 unspecified atom stereocenters. The van der Waals surface area contributed by atoms with Crippen molar-refractivity contribution in [1.82, 2.24) is 15.5 Å². The van der Waals surface area contributed by atoms with Gasteiger partial charge in [-0.2, -0.15) is 0 Å². The highest BCUT2D eigenvalue weighted by atomic mass is 16.5. The van der Waals surface area contributed by atoms with Gasteiger partial charge in [-0.3, -0.25) is 4.79 Å². The molecule has 1 aliphatic rings. The first-order chi connectivity index (χ1) is 10.7. The molecule has 122 valence electrons. The fourth-order valence-electron chi connectivity index (χ4n) is 2.97. The Kier molecular flexibility index (Phi) is 6.12. The number of hydrogen-bond acceptors (Lipinski definition) is 5. The van der Waals surface area contributed by atoms with Gasteiger partial charge < -0.3 is 15.4 Å². The van der Waals surface area contributed by atoms with Crippen LogP contribution in [0.15, 0.2) is 12.1 Å². The second-order valence-electron chi connectivity index (χ2n) is 5.73. The normalized spacial score (nSPS) is 21.6. The van der Waals surface area contributed by atoms with Crippen molar-refractivity contribution in [3.63, 3.8) is 0 Å². The van der Waals surface area contributed by atoms with E-state index in [4.69, 9.17) is 4.74 Å². The number of carbonyl (C=O) groups is 1. The van der Waals surface area contributed by atoms with E-state index in [9.17, 15) is 4.79 Å². The first-order valence-electron chi connectivity index (χ1n) is 8.11. The molecule has 22 heavy (non-hydrogen) atoms. The summed E-state index contributed by atoms with van der Waals surface area (Å²) in [6.45, 7) is 5.22. The highest BCUT2D eigenvalue weighted by Gasteiger charge is 2.27. The lowest BCUT2D eigenvalue weighted by atomic mass is 9.89. The summed E-state index contributed by atoms with van der Waals surface area (Å²) >= 11 is 0. The van der Waals surface area contributed by atoms with Gasteiger partial charge in [0.25, 0.3) is 5.91 Å². The molecule has 2 rings (SSSR count). The van der Waals surface area contributed by atoms with Crippen LogP contribution in [-0.2, 0) is 4.74 Å². The highest BCUT2D eigenvalue weighted by molar-refractivity contribution is 5.91. The molecule has 0 aromatic carbocycles. The Morgan fingerprint density at radius 3 is 2.73 bits per heavy atom. The molecule has 0 aliphatic carbocycles. The number of anilines is 1. The van der Waals surface area contributed by atoms with Crippen molar-refractivity contribution in [3.05, 3.63) is 17.8 Å². The van der Waals surface area contributed by atoms with Crippen LogP contribution in [0.2, 0.25) is 0 Å². The van der Waals surface area contributed by atoms with E-state index in [0.29, 0.717) is 29.6 Å². The van der Waals surface area contributed by atoms with E-state index in [1.54, 1.807) is 19.2 Å². The Morgan fingerprint density at radius 1 is 1.36 bits per heavy atom. The Hall–Kier alpha value is -1.69. The van der Waals surface area contributed by atoms with E-state index in [1.807, 2.05) is 0 Å². The number of nitrogens with one attached hydrogen (secondary N) is 2. The van der Waals surface area contributed by atoms with Gasteiger partial charge in [0.05, 0.1) is 6.10 Å². The minimum absolute atomic E-state index is 0.223. The molecule has 2 atom stereocenters. The van der Waals surface area contributed by atoms with Crippen molar-refractivity contribution in [3.8, 4) is 0 Å². The zero-order valence-electron chi connectivity index (χ0n) is 13.6. The third-order valence-corrected chi connectivity index (χ3v) is 4.37. The van der Waals surface area contributed by atoms with Gasteiger partial charge in [0, 0.05) is 19.7 Å². The summed E-state index contributed by atoms with van der Waals surface area (Å²) in [5.41, 5.74) is 0.329. The summed E-state index contributed by atoms with van der Waals surface area (Å²) in [7, 11) is 1.58. The van der Waals surface area contributed by atoms with Gasteiger partial charge in [0.15, 0.2) is 5.69 Å². The molecule has 6 nitrogen and oxygen atoms in total. The van der Waals surface area contributed by atoms with Crippen molar-refractivity contribution < 1.29 is 9.53 Å². The van der Waals surface area contributed by atoms with Crippen LogP contribution >= 0.6 is 0 Å². The van der Waals surface area contributed by atoms with E-state index in [2.05, 4.69) is 34.7 Å². The van der Waals surface area contributed by atoms with Crippen molar-refractivity contribution >= 4 is 11.7 Å². The largest absolute Gasteiger partial charge is 0.378 e. The average Bonchev–Trinajstić information content (AvgIpc) is 2.56. The Balaban J connectivity index is 1.94. The molecule has 2 heterocycles. The summed E-state index contributed by atoms with van der Waals surface area (Å²) in [6.07, 6.45) is 4.57. The predicted octanol–water partition coefficient (Wildman–Crippen LogP) is 2.23. The van der Waals surface area contributed by atoms with E-state index < -0.39 is 0 Å². The number of carbonyl (C=O) groups excluding carboxylic acids is 1. The van der Waals surface area contributed by atoms with Gasteiger partial charge >= 0.3 is 0 Å². The Morgan fingerprint density at radius 2 is 2.14 bits per heavy atom. The zero-order chi connectivity index (χ0) is 15.9. The summed E-state index contributed by atoms with van der Waals surface area (Å²) < 4.78 is 5.93. The van der Waals surface area contributed by atoms with Gasteiger partial charge in [-0.25, -0.2) is 0 Å². The summed E-state index contributed by atoms with van der Waals surface area (Å²) in [6, 6.07) is 3.84. The molecule has 6 heteroatoms. The molecule has 2 N–H and O–H groups in total. The van der Waals surface area contributed by atoms with Crippen LogP contribution in [0.5, 0.6) is 0 Å². The number of aromatic nitrogens is 2. The van der Waals surface area contributed by atoms with E-state index >= 15 is 0 Å². The van der Waals surface area contributed by atoms with Crippen molar-refractivity contribution in [1.29, 1.82) is 0 Å². The number of nitrogens with zero attached hydrogens (tertiary/aromatic N) is 2. The molecule has 0 radical (unpaired) electrons. The molecule has 0 spiro atoms. The van der Waals surface area contributed by atoms with E-state index in [-0.39, 0.29) is 5.91 Å². The Bertz CT molecular complexity index is 474. The van der Waals surface area contributed by atoms with Crippen LogP contribution in [0.4, 0.5) is 5.82 Å². The maximum Gasteiger partial charge on any atom is 0.271 e. The number of hydrogen-bond donors (Lipinski definition) is 2. The lowest BCUT2D eigenvalue weighted by Gasteiger charge is -2.34. The molecule has 0 bridgehead atoms. The standard InChI is InChI=1S/C16H26N4O2/c1-4-11(5-2)14-10-12(8-9-22-14)18-15-7-6-13(19-20-15)16(21)17-3/h6-7,11-12,14H,4-5,8-10H2,1-3H3,(H,17,21)(H,18,20). The smallest absolute Gasteiger partial charge is 0.271 e. The van der Waals surface area contributed by atoms with Gasteiger partial charge in [0.1, 0.15) is 5.82 Å². The molecule has 1 fully saturated rings. The molecule has 1 aromatic heterocycles. The number of ether oxygens (including phenoxy) is 1. The van der Waals surface area contributed by atoms with Crippen LogP contribution in [-0.4, -0.2) is 41.9 Å². The second-order valence-corrected chi connectivity index (χ2v) is 5.73. The minimum atomic E-state index is -0.223. The molecular weight excluding hydrogens is 280 g/mol. The van der Waals surface area contributed by atoms with E-state index in [0.717, 1.165) is 32.3 Å². The van der Waals surface area contributed by atoms with Crippen molar-refractivity contribution in [2.24, 2.45) is 5.92 Å². The van der Waals surface area contributed by atoms with Crippen LogP contribution in [0, 0.1) is 5.92 Å². The van der Waals surface area contributed by atoms with Gasteiger partial charge in [-0.1, -0.05) is 26.7 Å². The fourth-order valence-corrected chi connectivity index (χ4v) is 2.97. The van der Waals surface area contributed by atoms with Gasteiger partial charge in [-0.15, -0.1) is 10.2 Å². The number of rotatable bonds is 6. The SMILES string of the molecule is CCC(CC)C1CC(Nc2ccc(C(=O)NC)nn2)CCO1. The van der Waals surface area contributed by atoms with Gasteiger partial charge in [0.2, 0.25) is 0 Å². The summed E-state index contributed by atoms with van der Waals surface area (Å²) in [5, 5.41) is 14.0. The fraction of sp³-hybridized carbons (Fsp3) is 0.688. The summed E-state index contributed by atoms with van der Waals surface area (Å²) in [5.74, 6) is 1.10. The number of amides is 1. The molecule has 1 aromatic rings. The second kappa shape index (κ2) is 8.08. The quantitative estimate of drug-likeness (QED) is 0.843. The third-order valence-electron chi connectivity index (χ3n) is 4.37. The molecular formula is C16H26N4O2. The first kappa shape index (κ1) is 16.7. The maximum absolute atomic E-state index is 11.4. The minimum Gasteiger partial charge on any atom is -0.378 e. The van der Waals surface area contributed by atoms with Crippen LogP contribution in [0.3, 0.4) is 0 Å². The Labute approximate surface area is 132 Å². The van der Waals surface area contributed by atoms with Crippen molar-refractivity contribution in [2.45, 2.75) is 51.7 Å². The lowest BCUT2D eigenvalue weighted by molar-refractivity contribution is -0.0271. The van der Waals surface area contributed by atoms with E-state index in [1.165, 1.54) is 0 Å². The zero-order valence-corrected chi connectivity index (χ0v) is 13.6. The molecule has 1 aliphatic heterocycles. The highest BCUT2D eigenvalue weighted by Crippen LogP contribution is 2.26. The monoisotopic (exact) mass is 306 g/mol. The van der Waals surface area contributed by atoms with Crippen LogP contribution in [0.1, 0.15) is 50.0 Å². The lowest BCUT2D eigenvalue weighted by Crippen LogP contribution is -2.38. The third kappa shape index (κ3) is 4.16. The average molecular weight is 306 g/mol. The van der Waals surface area contributed by atoms with Crippen LogP contribution in [0.25, 0.3) is 0 Å². The molecule has 1 amide bonds. The van der Waals surface area contributed by atoms with Gasteiger partial charge in [-0.05, 0) is 30.9 Å². The molecule has 1 saturated heterocycles. The maximum atomic E-state index is 11.4. The first-order valence-corrected chi connectivity index (χ1v) is 8.11. The molecule has 0 saturated carbocycles.